The summed E-state index contributed by atoms with van der Waals surface area (Å²) < 4.78 is 5.45. The average molecular weight is 328 g/mol. The van der Waals surface area contributed by atoms with Crippen molar-refractivity contribution in [1.82, 2.24) is 0 Å². The number of nitrogens with one attached hydrogen (secondary N) is 1. The van der Waals surface area contributed by atoms with E-state index in [1.165, 1.54) is 17.7 Å². The van der Waals surface area contributed by atoms with Crippen molar-refractivity contribution < 1.29 is 14.5 Å². The minimum atomic E-state index is -0.498. The van der Waals surface area contributed by atoms with Gasteiger partial charge in [-0.25, -0.2) is 0 Å². The molecule has 0 bridgehead atoms. The van der Waals surface area contributed by atoms with Gasteiger partial charge in [0, 0.05) is 12.1 Å². The lowest BCUT2D eigenvalue weighted by molar-refractivity contribution is -0.384. The number of rotatable bonds is 6. The summed E-state index contributed by atoms with van der Waals surface area (Å²) in [5.74, 6) is 0.663. The molecule has 0 unspecified atom stereocenters. The van der Waals surface area contributed by atoms with Crippen molar-refractivity contribution in [3.8, 4) is 5.75 Å². The molecule has 0 saturated carbocycles. The topological polar surface area (TPSA) is 81.5 Å². The van der Waals surface area contributed by atoms with E-state index in [0.717, 1.165) is 5.56 Å². The summed E-state index contributed by atoms with van der Waals surface area (Å²) in [5.41, 5.74) is 2.28. The summed E-state index contributed by atoms with van der Waals surface area (Å²) in [6.07, 6.45) is 0. The van der Waals surface area contributed by atoms with Crippen molar-refractivity contribution in [2.45, 2.75) is 26.7 Å². The molecule has 0 heterocycles. The second kappa shape index (κ2) is 7.59. The molecule has 0 atom stereocenters. The molecular formula is C18H20N2O4. The van der Waals surface area contributed by atoms with Gasteiger partial charge in [0.2, 0.25) is 0 Å². The van der Waals surface area contributed by atoms with Gasteiger partial charge in [0.1, 0.15) is 5.75 Å². The molecule has 0 spiro atoms. The Kier molecular flexibility index (Phi) is 5.52. The number of nitro benzene ring substituents is 1. The van der Waals surface area contributed by atoms with Gasteiger partial charge in [0.05, 0.1) is 10.6 Å². The summed E-state index contributed by atoms with van der Waals surface area (Å²) in [5, 5.41) is 13.4. The van der Waals surface area contributed by atoms with Gasteiger partial charge in [0.25, 0.3) is 11.6 Å². The molecule has 0 radical (unpaired) electrons. The Hall–Kier alpha value is -2.89. The van der Waals surface area contributed by atoms with E-state index in [4.69, 9.17) is 4.74 Å². The molecule has 1 N–H and O–H groups in total. The van der Waals surface area contributed by atoms with Gasteiger partial charge >= 0.3 is 0 Å². The third kappa shape index (κ3) is 4.55. The van der Waals surface area contributed by atoms with Gasteiger partial charge in [-0.2, -0.15) is 0 Å². The lowest BCUT2D eigenvalue weighted by Crippen LogP contribution is -2.20. The van der Waals surface area contributed by atoms with Crippen molar-refractivity contribution in [3.05, 3.63) is 63.7 Å². The third-order valence-electron chi connectivity index (χ3n) is 3.62. The molecule has 2 rings (SSSR count). The first-order valence-corrected chi connectivity index (χ1v) is 7.64. The van der Waals surface area contributed by atoms with Gasteiger partial charge in [0.15, 0.2) is 6.61 Å². The zero-order valence-electron chi connectivity index (χ0n) is 13.9. The molecule has 126 valence electrons. The molecule has 6 heteroatoms. The number of nitrogens with zero attached hydrogens (tertiary/aromatic N) is 1. The number of carbonyl (C=O) groups excluding carboxylic acids is 1. The van der Waals surface area contributed by atoms with Crippen LogP contribution in [0.3, 0.4) is 0 Å². The molecule has 6 nitrogen and oxygen atoms in total. The fourth-order valence-electron chi connectivity index (χ4n) is 2.14. The maximum Gasteiger partial charge on any atom is 0.271 e. The van der Waals surface area contributed by atoms with Gasteiger partial charge in [-0.3, -0.25) is 14.9 Å². The van der Waals surface area contributed by atoms with Gasteiger partial charge in [-0.1, -0.05) is 32.0 Å². The Labute approximate surface area is 140 Å². The second-order valence-corrected chi connectivity index (χ2v) is 5.82. The Morgan fingerprint density at radius 2 is 1.88 bits per heavy atom. The Morgan fingerprint density at radius 3 is 2.46 bits per heavy atom. The number of hydrogen-bond acceptors (Lipinski definition) is 4. The number of hydrogen-bond donors (Lipinski definition) is 1. The smallest absolute Gasteiger partial charge is 0.271 e. The lowest BCUT2D eigenvalue weighted by Gasteiger charge is -2.10. The van der Waals surface area contributed by atoms with Crippen LogP contribution in [-0.2, 0) is 4.79 Å². The number of ether oxygens (including phenoxy) is 1. The molecule has 0 fully saturated rings. The van der Waals surface area contributed by atoms with Crippen LogP contribution in [0.2, 0.25) is 0 Å². The van der Waals surface area contributed by atoms with E-state index in [1.807, 2.05) is 24.3 Å². The van der Waals surface area contributed by atoms with Crippen LogP contribution in [0.1, 0.15) is 30.9 Å². The number of benzene rings is 2. The van der Waals surface area contributed by atoms with Gasteiger partial charge in [-0.15, -0.1) is 0 Å². The maximum absolute atomic E-state index is 12.0. The molecule has 2 aromatic carbocycles. The van der Waals surface area contributed by atoms with E-state index in [-0.39, 0.29) is 18.2 Å². The van der Waals surface area contributed by atoms with Crippen LogP contribution in [0, 0.1) is 17.0 Å². The highest BCUT2D eigenvalue weighted by Crippen LogP contribution is 2.22. The first kappa shape index (κ1) is 17.5. The monoisotopic (exact) mass is 328 g/mol. The van der Waals surface area contributed by atoms with Crippen molar-refractivity contribution in [2.75, 3.05) is 11.9 Å². The predicted octanol–water partition coefficient (Wildman–Crippen LogP) is 4.04. The van der Waals surface area contributed by atoms with Gasteiger partial charge < -0.3 is 10.1 Å². The number of carbonyl (C=O) groups is 1. The number of aryl methyl sites for hydroxylation is 1. The van der Waals surface area contributed by atoms with E-state index in [9.17, 15) is 14.9 Å². The average Bonchev–Trinajstić information content (AvgIpc) is 2.55. The minimum absolute atomic E-state index is 0.0684. The highest BCUT2D eigenvalue weighted by Gasteiger charge is 2.11. The largest absolute Gasteiger partial charge is 0.484 e. The maximum atomic E-state index is 12.0. The molecular weight excluding hydrogens is 308 g/mol. The number of nitro groups is 1. The normalized spacial score (nSPS) is 10.5. The van der Waals surface area contributed by atoms with E-state index in [0.29, 0.717) is 17.4 Å². The van der Waals surface area contributed by atoms with Crippen molar-refractivity contribution >= 4 is 17.3 Å². The number of amides is 1. The standard InChI is InChI=1S/C18H20N2O4/c1-12(2)14-5-8-16(9-6-14)24-11-18(21)19-17-10-15(20(22)23)7-4-13(17)3/h4-10,12H,11H2,1-3H3,(H,19,21). The fraction of sp³-hybridized carbons (Fsp3) is 0.278. The summed E-state index contributed by atoms with van der Waals surface area (Å²) in [6, 6.07) is 11.9. The third-order valence-corrected chi connectivity index (χ3v) is 3.62. The number of non-ortho nitro benzene ring substituents is 1. The van der Waals surface area contributed by atoms with E-state index in [2.05, 4.69) is 19.2 Å². The Bertz CT molecular complexity index is 739. The van der Waals surface area contributed by atoms with E-state index < -0.39 is 4.92 Å². The van der Waals surface area contributed by atoms with Crippen LogP contribution in [0.4, 0.5) is 11.4 Å². The lowest BCUT2D eigenvalue weighted by atomic mass is 10.0. The molecule has 0 saturated heterocycles. The Balaban J connectivity index is 1.96. The minimum Gasteiger partial charge on any atom is -0.484 e. The van der Waals surface area contributed by atoms with Crippen LogP contribution in [-0.4, -0.2) is 17.4 Å². The summed E-state index contributed by atoms with van der Waals surface area (Å²) in [4.78, 5) is 22.3. The first-order chi connectivity index (χ1) is 11.4. The number of anilines is 1. The molecule has 1 amide bonds. The summed E-state index contributed by atoms with van der Waals surface area (Å²) in [6.45, 7) is 5.81. The zero-order chi connectivity index (χ0) is 17.7. The highest BCUT2D eigenvalue weighted by atomic mass is 16.6. The molecule has 0 aliphatic heterocycles. The Morgan fingerprint density at radius 1 is 1.21 bits per heavy atom. The van der Waals surface area contributed by atoms with E-state index >= 15 is 0 Å². The summed E-state index contributed by atoms with van der Waals surface area (Å²) in [7, 11) is 0. The van der Waals surface area contributed by atoms with E-state index in [1.54, 1.807) is 13.0 Å². The molecule has 0 aromatic heterocycles. The summed E-state index contributed by atoms with van der Waals surface area (Å²) >= 11 is 0. The SMILES string of the molecule is Cc1ccc([N+](=O)[O-])cc1NC(=O)COc1ccc(C(C)C)cc1. The van der Waals surface area contributed by atoms with Gasteiger partial charge in [-0.05, 0) is 36.1 Å². The van der Waals surface area contributed by atoms with Crippen molar-refractivity contribution in [2.24, 2.45) is 0 Å². The predicted molar refractivity (Wildman–Crippen MR) is 92.5 cm³/mol. The first-order valence-electron chi connectivity index (χ1n) is 7.64. The second-order valence-electron chi connectivity index (χ2n) is 5.82. The van der Waals surface area contributed by atoms with Crippen LogP contribution >= 0.6 is 0 Å². The molecule has 0 aliphatic carbocycles. The molecule has 2 aromatic rings. The quantitative estimate of drug-likeness (QED) is 0.641. The molecule has 0 aliphatic rings. The van der Waals surface area contributed by atoms with Crippen LogP contribution in [0.5, 0.6) is 5.75 Å². The molecule has 24 heavy (non-hydrogen) atoms. The van der Waals surface area contributed by atoms with Crippen LogP contribution < -0.4 is 10.1 Å². The van der Waals surface area contributed by atoms with Crippen LogP contribution in [0.25, 0.3) is 0 Å². The zero-order valence-corrected chi connectivity index (χ0v) is 13.9. The van der Waals surface area contributed by atoms with Crippen molar-refractivity contribution in [1.29, 1.82) is 0 Å². The van der Waals surface area contributed by atoms with Crippen LogP contribution in [0.15, 0.2) is 42.5 Å². The van der Waals surface area contributed by atoms with Crippen molar-refractivity contribution in [3.63, 3.8) is 0 Å². The fourth-order valence-corrected chi connectivity index (χ4v) is 2.14. The highest BCUT2D eigenvalue weighted by molar-refractivity contribution is 5.93.